The van der Waals surface area contributed by atoms with E-state index in [1.165, 1.54) is 5.56 Å². The number of nitrogens with one attached hydrogen (secondary N) is 1. The van der Waals surface area contributed by atoms with Gasteiger partial charge in [-0.1, -0.05) is 32.9 Å². The minimum Gasteiger partial charge on any atom is -0.391 e. The molecule has 0 fully saturated rings. The van der Waals surface area contributed by atoms with Gasteiger partial charge in [-0.3, -0.25) is 0 Å². The maximum Gasteiger partial charge on any atom is 0.0991 e. The van der Waals surface area contributed by atoms with E-state index in [0.29, 0.717) is 6.54 Å². The summed E-state index contributed by atoms with van der Waals surface area (Å²) < 4.78 is 1.97. The summed E-state index contributed by atoms with van der Waals surface area (Å²) >= 11 is 0. The summed E-state index contributed by atoms with van der Waals surface area (Å²) in [5, 5.41) is 13.3. The molecule has 0 amide bonds. The third kappa shape index (κ3) is 3.92. The predicted octanol–water partition coefficient (Wildman–Crippen LogP) is 2.37. The molecule has 2 rings (SSSR count). The number of aromatic nitrogens is 2. The summed E-state index contributed by atoms with van der Waals surface area (Å²) in [6.45, 7) is 7.49. The van der Waals surface area contributed by atoms with E-state index < -0.39 is 0 Å². The lowest BCUT2D eigenvalue weighted by Crippen LogP contribution is -2.36. The average Bonchev–Trinajstić information content (AvgIpc) is 2.92. The molecule has 2 aromatic rings. The van der Waals surface area contributed by atoms with E-state index in [2.05, 4.69) is 34.6 Å². The summed E-state index contributed by atoms with van der Waals surface area (Å²) in [5.41, 5.74) is 2.22. The van der Waals surface area contributed by atoms with Crippen LogP contribution in [0.3, 0.4) is 0 Å². The molecule has 4 nitrogen and oxygen atoms in total. The van der Waals surface area contributed by atoms with Crippen LogP contribution >= 0.6 is 0 Å². The number of rotatable bonds is 5. The second kappa shape index (κ2) is 6.20. The van der Waals surface area contributed by atoms with Crippen LogP contribution in [0.1, 0.15) is 26.3 Å². The number of aliphatic hydroxyl groups is 1. The van der Waals surface area contributed by atoms with Gasteiger partial charge >= 0.3 is 0 Å². The van der Waals surface area contributed by atoms with Crippen LogP contribution in [0.25, 0.3) is 5.69 Å². The van der Waals surface area contributed by atoms with E-state index in [1.54, 1.807) is 12.5 Å². The number of benzene rings is 1. The molecule has 1 aromatic heterocycles. The first-order valence-corrected chi connectivity index (χ1v) is 6.93. The monoisotopic (exact) mass is 273 g/mol. The summed E-state index contributed by atoms with van der Waals surface area (Å²) in [4.78, 5) is 4.04. The molecule has 1 unspecified atom stereocenters. The van der Waals surface area contributed by atoms with Gasteiger partial charge in [0, 0.05) is 31.2 Å². The fourth-order valence-corrected chi connectivity index (χ4v) is 1.86. The van der Waals surface area contributed by atoms with Crippen LogP contribution in [-0.4, -0.2) is 27.3 Å². The largest absolute Gasteiger partial charge is 0.391 e. The van der Waals surface area contributed by atoms with Gasteiger partial charge in [0.15, 0.2) is 0 Å². The van der Waals surface area contributed by atoms with Crippen molar-refractivity contribution < 1.29 is 5.11 Å². The van der Waals surface area contributed by atoms with Crippen LogP contribution in [0.2, 0.25) is 0 Å². The van der Waals surface area contributed by atoms with Crippen molar-refractivity contribution in [3.8, 4) is 5.69 Å². The Kier molecular flexibility index (Phi) is 4.57. The molecule has 0 radical (unpaired) electrons. The fourth-order valence-electron chi connectivity index (χ4n) is 1.86. The normalized spacial score (nSPS) is 13.4. The van der Waals surface area contributed by atoms with Crippen molar-refractivity contribution in [1.82, 2.24) is 14.9 Å². The molecule has 0 aliphatic heterocycles. The van der Waals surface area contributed by atoms with E-state index in [0.717, 1.165) is 12.2 Å². The number of aliphatic hydroxyl groups excluding tert-OH is 1. The van der Waals surface area contributed by atoms with Crippen LogP contribution in [0.15, 0.2) is 43.0 Å². The zero-order chi connectivity index (χ0) is 14.6. The molecule has 108 valence electrons. The Morgan fingerprint density at radius 2 is 1.95 bits per heavy atom. The van der Waals surface area contributed by atoms with E-state index in [-0.39, 0.29) is 11.5 Å². The lowest BCUT2D eigenvalue weighted by atomic mass is 9.89. The average molecular weight is 273 g/mol. The van der Waals surface area contributed by atoms with Crippen LogP contribution in [-0.2, 0) is 6.54 Å². The molecular weight excluding hydrogens is 250 g/mol. The van der Waals surface area contributed by atoms with Gasteiger partial charge in [0.25, 0.3) is 0 Å². The number of hydrogen-bond acceptors (Lipinski definition) is 3. The second-order valence-corrected chi connectivity index (χ2v) is 6.15. The Hall–Kier alpha value is -1.65. The molecule has 1 aromatic carbocycles. The highest BCUT2D eigenvalue weighted by atomic mass is 16.3. The zero-order valence-electron chi connectivity index (χ0n) is 12.4. The molecule has 0 saturated heterocycles. The van der Waals surface area contributed by atoms with Gasteiger partial charge in [-0.15, -0.1) is 0 Å². The molecule has 1 atom stereocenters. The van der Waals surface area contributed by atoms with Crippen LogP contribution in [0, 0.1) is 5.41 Å². The van der Waals surface area contributed by atoms with Crippen LogP contribution in [0.5, 0.6) is 0 Å². The molecule has 0 aliphatic carbocycles. The third-order valence-electron chi connectivity index (χ3n) is 3.41. The maximum atomic E-state index is 9.96. The SMILES string of the molecule is CC(C)(C)C(O)CNCc1ccc(-n2ccnc2)cc1. The third-order valence-corrected chi connectivity index (χ3v) is 3.41. The zero-order valence-corrected chi connectivity index (χ0v) is 12.4. The lowest BCUT2D eigenvalue weighted by molar-refractivity contribution is 0.0628. The molecule has 2 N–H and O–H groups in total. The van der Waals surface area contributed by atoms with E-state index in [1.807, 2.05) is 31.5 Å². The maximum absolute atomic E-state index is 9.96. The highest BCUT2D eigenvalue weighted by Crippen LogP contribution is 2.18. The van der Waals surface area contributed by atoms with E-state index >= 15 is 0 Å². The molecule has 4 heteroatoms. The Morgan fingerprint density at radius 3 is 2.50 bits per heavy atom. The van der Waals surface area contributed by atoms with Gasteiger partial charge in [-0.2, -0.15) is 0 Å². The fraction of sp³-hybridized carbons (Fsp3) is 0.438. The van der Waals surface area contributed by atoms with Crippen molar-refractivity contribution in [3.63, 3.8) is 0 Å². The van der Waals surface area contributed by atoms with Gasteiger partial charge in [0.2, 0.25) is 0 Å². The van der Waals surface area contributed by atoms with Gasteiger partial charge in [0.05, 0.1) is 12.4 Å². The molecule has 1 heterocycles. The van der Waals surface area contributed by atoms with Crippen molar-refractivity contribution in [2.45, 2.75) is 33.4 Å². The Bertz CT molecular complexity index is 512. The quantitative estimate of drug-likeness (QED) is 0.879. The first kappa shape index (κ1) is 14.8. The lowest BCUT2D eigenvalue weighted by Gasteiger charge is -2.26. The number of nitrogens with zero attached hydrogens (tertiary/aromatic N) is 2. The second-order valence-electron chi connectivity index (χ2n) is 6.15. The summed E-state index contributed by atoms with van der Waals surface area (Å²) in [5.74, 6) is 0. The topological polar surface area (TPSA) is 50.1 Å². The summed E-state index contributed by atoms with van der Waals surface area (Å²) in [6.07, 6.45) is 5.14. The molecule has 0 saturated carbocycles. The first-order valence-electron chi connectivity index (χ1n) is 6.93. The van der Waals surface area contributed by atoms with Crippen LogP contribution in [0.4, 0.5) is 0 Å². The molecule has 0 aliphatic rings. The van der Waals surface area contributed by atoms with Gasteiger partial charge in [-0.25, -0.2) is 4.98 Å². The van der Waals surface area contributed by atoms with Crippen molar-refractivity contribution in [3.05, 3.63) is 48.5 Å². The van der Waals surface area contributed by atoms with Gasteiger partial charge < -0.3 is 15.0 Å². The van der Waals surface area contributed by atoms with E-state index in [9.17, 15) is 5.11 Å². The Balaban J connectivity index is 1.86. The number of hydrogen-bond donors (Lipinski definition) is 2. The van der Waals surface area contributed by atoms with Crippen molar-refractivity contribution in [2.75, 3.05) is 6.54 Å². The summed E-state index contributed by atoms with van der Waals surface area (Å²) in [6, 6.07) is 8.31. The van der Waals surface area contributed by atoms with Crippen molar-refractivity contribution in [1.29, 1.82) is 0 Å². The highest BCUT2D eigenvalue weighted by molar-refractivity contribution is 5.34. The van der Waals surface area contributed by atoms with Gasteiger partial charge in [0.1, 0.15) is 0 Å². The molecule has 0 bridgehead atoms. The van der Waals surface area contributed by atoms with Crippen molar-refractivity contribution >= 4 is 0 Å². The molecule has 20 heavy (non-hydrogen) atoms. The Morgan fingerprint density at radius 1 is 1.25 bits per heavy atom. The minimum absolute atomic E-state index is 0.0850. The van der Waals surface area contributed by atoms with Gasteiger partial charge in [-0.05, 0) is 23.1 Å². The highest BCUT2D eigenvalue weighted by Gasteiger charge is 2.21. The minimum atomic E-state index is -0.340. The van der Waals surface area contributed by atoms with Crippen LogP contribution < -0.4 is 5.32 Å². The van der Waals surface area contributed by atoms with Crippen molar-refractivity contribution in [2.24, 2.45) is 5.41 Å². The standard InChI is InChI=1S/C16H23N3O/c1-16(2,3)15(20)11-18-10-13-4-6-14(7-5-13)19-9-8-17-12-19/h4-9,12,15,18,20H,10-11H2,1-3H3. The Labute approximate surface area is 120 Å². The molecular formula is C16H23N3O. The smallest absolute Gasteiger partial charge is 0.0991 e. The first-order chi connectivity index (χ1) is 9.47. The molecule has 0 spiro atoms. The summed E-state index contributed by atoms with van der Waals surface area (Å²) in [7, 11) is 0. The predicted molar refractivity (Wildman–Crippen MR) is 80.7 cm³/mol. The number of imidazole rings is 1. The van der Waals surface area contributed by atoms with E-state index in [4.69, 9.17) is 0 Å².